The van der Waals surface area contributed by atoms with Crippen molar-refractivity contribution in [1.29, 1.82) is 0 Å². The van der Waals surface area contributed by atoms with Gasteiger partial charge in [0.05, 0.1) is 11.7 Å². The Kier molecular flexibility index (Phi) is 2.02. The largest absolute Gasteiger partial charge is 0.241 e. The highest BCUT2D eigenvalue weighted by molar-refractivity contribution is 9.08. The van der Waals surface area contributed by atoms with E-state index in [-0.39, 0.29) is 5.28 Å². The van der Waals surface area contributed by atoms with E-state index in [0.29, 0.717) is 0 Å². The molecule has 2 aromatic heterocycles. The number of hydrogen-bond donors (Lipinski definition) is 0. The second-order valence-electron chi connectivity index (χ2n) is 2.33. The second kappa shape index (κ2) is 3.03. The van der Waals surface area contributed by atoms with E-state index in [9.17, 15) is 0 Å². The SMILES string of the molecule is Clc1ncc2c(CBr)ccn2n1. The van der Waals surface area contributed by atoms with Gasteiger partial charge in [-0.2, -0.15) is 0 Å². The number of fused-ring (bicyclic) bond motifs is 1. The summed E-state index contributed by atoms with van der Waals surface area (Å²) in [7, 11) is 0. The van der Waals surface area contributed by atoms with Gasteiger partial charge in [0.2, 0.25) is 5.28 Å². The van der Waals surface area contributed by atoms with Crippen LogP contribution in [-0.2, 0) is 5.33 Å². The average molecular weight is 246 g/mol. The Hall–Kier alpha value is -0.610. The van der Waals surface area contributed by atoms with Crippen LogP contribution in [-0.4, -0.2) is 14.6 Å². The van der Waals surface area contributed by atoms with Crippen molar-refractivity contribution in [3.05, 3.63) is 29.3 Å². The standard InChI is InChI=1S/C7H5BrClN3/c8-3-5-1-2-12-6(5)4-10-7(9)11-12/h1-2,4H,3H2. The lowest BCUT2D eigenvalue weighted by Gasteiger charge is -1.94. The van der Waals surface area contributed by atoms with Gasteiger partial charge in [-0.15, -0.1) is 5.10 Å². The van der Waals surface area contributed by atoms with Gasteiger partial charge in [-0.25, -0.2) is 9.50 Å². The highest BCUT2D eigenvalue weighted by Gasteiger charge is 2.02. The fourth-order valence-electron chi connectivity index (χ4n) is 1.04. The predicted molar refractivity (Wildman–Crippen MR) is 50.6 cm³/mol. The molecule has 0 aromatic carbocycles. The van der Waals surface area contributed by atoms with Gasteiger partial charge in [0, 0.05) is 11.5 Å². The molecule has 0 bridgehead atoms. The molecule has 0 N–H and O–H groups in total. The van der Waals surface area contributed by atoms with Gasteiger partial charge in [0.1, 0.15) is 0 Å². The van der Waals surface area contributed by atoms with E-state index in [1.54, 1.807) is 10.7 Å². The van der Waals surface area contributed by atoms with Gasteiger partial charge in [-0.05, 0) is 23.2 Å². The zero-order valence-electron chi connectivity index (χ0n) is 6.04. The Morgan fingerprint density at radius 3 is 3.17 bits per heavy atom. The maximum Gasteiger partial charge on any atom is 0.241 e. The zero-order chi connectivity index (χ0) is 8.55. The van der Waals surface area contributed by atoms with Gasteiger partial charge in [-0.3, -0.25) is 0 Å². The van der Waals surface area contributed by atoms with E-state index in [4.69, 9.17) is 11.6 Å². The number of halogens is 2. The lowest BCUT2D eigenvalue weighted by atomic mass is 10.3. The Labute approximate surface area is 82.5 Å². The summed E-state index contributed by atoms with van der Waals surface area (Å²) in [6.45, 7) is 0. The topological polar surface area (TPSA) is 30.2 Å². The summed E-state index contributed by atoms with van der Waals surface area (Å²) in [6.07, 6.45) is 3.57. The summed E-state index contributed by atoms with van der Waals surface area (Å²) in [4.78, 5) is 3.90. The van der Waals surface area contributed by atoms with E-state index in [0.717, 1.165) is 16.4 Å². The van der Waals surface area contributed by atoms with Crippen molar-refractivity contribution in [2.45, 2.75) is 5.33 Å². The second-order valence-corrected chi connectivity index (χ2v) is 3.23. The minimum atomic E-state index is 0.263. The molecule has 0 fully saturated rings. The molecule has 2 aromatic rings. The Balaban J connectivity index is 2.73. The monoisotopic (exact) mass is 245 g/mol. The summed E-state index contributed by atoms with van der Waals surface area (Å²) in [5.74, 6) is 0. The van der Waals surface area contributed by atoms with E-state index in [2.05, 4.69) is 26.0 Å². The van der Waals surface area contributed by atoms with Crippen LogP contribution in [0.4, 0.5) is 0 Å². The predicted octanol–water partition coefficient (Wildman–Crippen LogP) is 2.28. The first kappa shape index (κ1) is 8.01. The first-order chi connectivity index (χ1) is 5.81. The van der Waals surface area contributed by atoms with Crippen LogP contribution in [0.25, 0.3) is 5.52 Å². The minimum absolute atomic E-state index is 0.263. The smallest absolute Gasteiger partial charge is 0.236 e. The van der Waals surface area contributed by atoms with Gasteiger partial charge in [-0.1, -0.05) is 15.9 Å². The van der Waals surface area contributed by atoms with Gasteiger partial charge >= 0.3 is 0 Å². The number of alkyl halides is 1. The van der Waals surface area contributed by atoms with Crippen molar-refractivity contribution >= 4 is 33.0 Å². The fraction of sp³-hybridized carbons (Fsp3) is 0.143. The number of aromatic nitrogens is 3. The zero-order valence-corrected chi connectivity index (χ0v) is 8.38. The highest BCUT2D eigenvalue weighted by Crippen LogP contribution is 2.14. The third-order valence-corrected chi connectivity index (χ3v) is 2.40. The molecule has 0 saturated heterocycles. The molecule has 0 radical (unpaired) electrons. The van der Waals surface area contributed by atoms with Gasteiger partial charge in [0.25, 0.3) is 0 Å². The highest BCUT2D eigenvalue weighted by atomic mass is 79.9. The van der Waals surface area contributed by atoms with Crippen molar-refractivity contribution in [2.75, 3.05) is 0 Å². The first-order valence-electron chi connectivity index (χ1n) is 3.36. The third-order valence-electron chi connectivity index (χ3n) is 1.62. The molecule has 5 heteroatoms. The molecular formula is C7H5BrClN3. The fourth-order valence-corrected chi connectivity index (χ4v) is 1.65. The maximum atomic E-state index is 5.62. The van der Waals surface area contributed by atoms with Crippen molar-refractivity contribution in [1.82, 2.24) is 14.6 Å². The van der Waals surface area contributed by atoms with Crippen LogP contribution >= 0.6 is 27.5 Å². The van der Waals surface area contributed by atoms with Crippen LogP contribution in [0.2, 0.25) is 5.28 Å². The Bertz CT molecular complexity index is 412. The minimum Gasteiger partial charge on any atom is -0.236 e. The summed E-state index contributed by atoms with van der Waals surface area (Å²) < 4.78 is 1.71. The van der Waals surface area contributed by atoms with Crippen molar-refractivity contribution in [2.24, 2.45) is 0 Å². The van der Waals surface area contributed by atoms with Crippen LogP contribution in [0.3, 0.4) is 0 Å². The van der Waals surface area contributed by atoms with Crippen LogP contribution < -0.4 is 0 Å². The molecule has 0 unspecified atom stereocenters. The third kappa shape index (κ3) is 1.21. The van der Waals surface area contributed by atoms with Gasteiger partial charge < -0.3 is 0 Å². The van der Waals surface area contributed by atoms with Crippen molar-refractivity contribution < 1.29 is 0 Å². The molecule has 0 spiro atoms. The van der Waals surface area contributed by atoms with E-state index < -0.39 is 0 Å². The molecule has 0 saturated carbocycles. The van der Waals surface area contributed by atoms with Crippen LogP contribution in [0, 0.1) is 0 Å². The van der Waals surface area contributed by atoms with E-state index >= 15 is 0 Å². The summed E-state index contributed by atoms with van der Waals surface area (Å²) in [5, 5.41) is 5.06. The molecule has 0 amide bonds. The van der Waals surface area contributed by atoms with E-state index in [1.165, 1.54) is 0 Å². The Morgan fingerprint density at radius 1 is 1.58 bits per heavy atom. The molecule has 62 valence electrons. The maximum absolute atomic E-state index is 5.62. The van der Waals surface area contributed by atoms with Crippen LogP contribution in [0.1, 0.15) is 5.56 Å². The molecule has 2 heterocycles. The number of rotatable bonds is 1. The Morgan fingerprint density at radius 2 is 2.42 bits per heavy atom. The summed E-state index contributed by atoms with van der Waals surface area (Å²) in [5.41, 5.74) is 2.14. The molecule has 12 heavy (non-hydrogen) atoms. The molecular weight excluding hydrogens is 241 g/mol. The normalized spacial score (nSPS) is 10.8. The molecule has 2 rings (SSSR count). The van der Waals surface area contributed by atoms with Crippen LogP contribution in [0.15, 0.2) is 18.5 Å². The first-order valence-corrected chi connectivity index (χ1v) is 4.86. The van der Waals surface area contributed by atoms with Crippen LogP contribution in [0.5, 0.6) is 0 Å². The molecule has 0 aliphatic heterocycles. The molecule has 0 aliphatic carbocycles. The number of hydrogen-bond acceptors (Lipinski definition) is 2. The van der Waals surface area contributed by atoms with Gasteiger partial charge in [0.15, 0.2) is 0 Å². The van der Waals surface area contributed by atoms with E-state index in [1.807, 2.05) is 12.3 Å². The number of nitrogens with zero attached hydrogens (tertiary/aromatic N) is 3. The lowest BCUT2D eigenvalue weighted by Crippen LogP contribution is -1.92. The lowest BCUT2D eigenvalue weighted by molar-refractivity contribution is 0.903. The molecule has 3 nitrogen and oxygen atoms in total. The summed E-state index contributed by atoms with van der Waals surface area (Å²) in [6, 6.07) is 1.98. The summed E-state index contributed by atoms with van der Waals surface area (Å²) >= 11 is 8.99. The molecule has 0 atom stereocenters. The quantitative estimate of drug-likeness (QED) is 0.723. The average Bonchev–Trinajstić information content (AvgIpc) is 2.46. The van der Waals surface area contributed by atoms with Crippen molar-refractivity contribution in [3.63, 3.8) is 0 Å². The molecule has 0 aliphatic rings. The van der Waals surface area contributed by atoms with Crippen molar-refractivity contribution in [3.8, 4) is 0 Å².